The van der Waals surface area contributed by atoms with E-state index in [9.17, 15) is 9.90 Å². The lowest BCUT2D eigenvalue weighted by atomic mass is 9.48. The van der Waals surface area contributed by atoms with Crippen molar-refractivity contribution >= 4 is 5.97 Å². The average molecular weight is 250 g/mol. The summed E-state index contributed by atoms with van der Waals surface area (Å²) in [5.74, 6) is 0.538. The van der Waals surface area contributed by atoms with Crippen molar-refractivity contribution in [3.63, 3.8) is 0 Å². The number of ether oxygens (including phenoxy) is 1. The lowest BCUT2D eigenvalue weighted by Gasteiger charge is -2.56. The fourth-order valence-electron chi connectivity index (χ4n) is 4.56. The lowest BCUT2D eigenvalue weighted by Crippen LogP contribution is -2.54. The molecule has 4 atom stereocenters. The standard InChI is InChI=1S/C15H22O3/c1-14(2)11-5-4-9-10(8-18-13(9)17)15(11,3)7-6-12(14)16/h4,10-12,16H,5-8H2,1-3H3/t10-,11-,12?,15+/m0/s1. The molecule has 0 radical (unpaired) electrons. The maximum Gasteiger partial charge on any atom is 0.334 e. The fourth-order valence-corrected chi connectivity index (χ4v) is 4.56. The average Bonchev–Trinajstić information content (AvgIpc) is 2.68. The number of hydrogen-bond acceptors (Lipinski definition) is 3. The van der Waals surface area contributed by atoms with Crippen LogP contribution in [-0.2, 0) is 9.53 Å². The van der Waals surface area contributed by atoms with Gasteiger partial charge in [0.25, 0.3) is 0 Å². The predicted octanol–water partition coefficient (Wildman–Crippen LogP) is 2.29. The second kappa shape index (κ2) is 3.60. The molecule has 0 bridgehead atoms. The second-order valence-corrected chi connectivity index (χ2v) is 6.98. The van der Waals surface area contributed by atoms with Gasteiger partial charge in [0.05, 0.1) is 12.7 Å². The molecule has 0 spiro atoms. The molecule has 1 heterocycles. The van der Waals surface area contributed by atoms with Crippen molar-refractivity contribution in [2.24, 2.45) is 22.7 Å². The highest BCUT2D eigenvalue weighted by molar-refractivity contribution is 5.91. The van der Waals surface area contributed by atoms with Crippen LogP contribution in [-0.4, -0.2) is 23.8 Å². The quantitative estimate of drug-likeness (QED) is 0.671. The number of aliphatic hydroxyl groups excluding tert-OH is 1. The minimum atomic E-state index is -0.233. The van der Waals surface area contributed by atoms with Crippen molar-refractivity contribution in [3.8, 4) is 0 Å². The van der Waals surface area contributed by atoms with Crippen molar-refractivity contribution in [2.75, 3.05) is 6.61 Å². The van der Waals surface area contributed by atoms with Crippen LogP contribution in [0.5, 0.6) is 0 Å². The highest BCUT2D eigenvalue weighted by Gasteiger charge is 2.58. The summed E-state index contributed by atoms with van der Waals surface area (Å²) < 4.78 is 5.24. The molecular formula is C15H22O3. The summed E-state index contributed by atoms with van der Waals surface area (Å²) in [6, 6.07) is 0. The monoisotopic (exact) mass is 250 g/mol. The van der Waals surface area contributed by atoms with E-state index >= 15 is 0 Å². The molecule has 3 heteroatoms. The minimum Gasteiger partial charge on any atom is -0.462 e. The Morgan fingerprint density at radius 2 is 2.11 bits per heavy atom. The third-order valence-electron chi connectivity index (χ3n) is 5.87. The van der Waals surface area contributed by atoms with Crippen LogP contribution in [0.15, 0.2) is 11.6 Å². The van der Waals surface area contributed by atoms with Crippen LogP contribution in [0.2, 0.25) is 0 Å². The van der Waals surface area contributed by atoms with Gasteiger partial charge in [-0.1, -0.05) is 26.8 Å². The van der Waals surface area contributed by atoms with E-state index in [4.69, 9.17) is 4.74 Å². The van der Waals surface area contributed by atoms with Gasteiger partial charge in [0, 0.05) is 11.5 Å². The van der Waals surface area contributed by atoms with E-state index in [1.54, 1.807) is 0 Å². The molecule has 1 unspecified atom stereocenters. The maximum absolute atomic E-state index is 11.7. The van der Waals surface area contributed by atoms with Gasteiger partial charge in [-0.3, -0.25) is 0 Å². The van der Waals surface area contributed by atoms with Gasteiger partial charge in [-0.2, -0.15) is 0 Å². The third kappa shape index (κ3) is 1.37. The molecule has 3 nitrogen and oxygen atoms in total. The zero-order valence-corrected chi connectivity index (χ0v) is 11.4. The first-order chi connectivity index (χ1) is 8.37. The molecule has 0 amide bonds. The third-order valence-corrected chi connectivity index (χ3v) is 5.87. The Bertz CT molecular complexity index is 423. The topological polar surface area (TPSA) is 46.5 Å². The van der Waals surface area contributed by atoms with Gasteiger partial charge in [-0.05, 0) is 36.0 Å². The van der Waals surface area contributed by atoms with E-state index in [0.29, 0.717) is 12.5 Å². The number of aliphatic hydroxyl groups is 1. The first-order valence-corrected chi connectivity index (χ1v) is 6.92. The molecule has 1 saturated heterocycles. The number of carbonyl (C=O) groups excluding carboxylic acids is 1. The van der Waals surface area contributed by atoms with Crippen LogP contribution in [0, 0.1) is 22.7 Å². The Kier molecular flexibility index (Phi) is 2.44. The number of rotatable bonds is 0. The SMILES string of the molecule is CC1(C)C(O)CC[C@]2(C)[C@H]3COC(=O)C3=CC[C@@H]12. The summed E-state index contributed by atoms with van der Waals surface area (Å²) in [7, 11) is 0. The lowest BCUT2D eigenvalue weighted by molar-refractivity contribution is -0.135. The number of allylic oxidation sites excluding steroid dienone is 1. The summed E-state index contributed by atoms with van der Waals surface area (Å²) in [5.41, 5.74) is 0.903. The van der Waals surface area contributed by atoms with Gasteiger partial charge in [-0.15, -0.1) is 0 Å². The number of cyclic esters (lactones) is 1. The maximum atomic E-state index is 11.7. The van der Waals surface area contributed by atoms with Crippen molar-refractivity contribution in [1.82, 2.24) is 0 Å². The molecule has 1 saturated carbocycles. The van der Waals surface area contributed by atoms with Crippen molar-refractivity contribution in [2.45, 2.75) is 46.1 Å². The van der Waals surface area contributed by atoms with Crippen LogP contribution in [0.4, 0.5) is 0 Å². The van der Waals surface area contributed by atoms with E-state index in [1.165, 1.54) is 0 Å². The Morgan fingerprint density at radius 3 is 2.83 bits per heavy atom. The van der Waals surface area contributed by atoms with Gasteiger partial charge < -0.3 is 9.84 Å². The van der Waals surface area contributed by atoms with Gasteiger partial charge in [-0.25, -0.2) is 4.79 Å². The summed E-state index contributed by atoms with van der Waals surface area (Å²) in [6.45, 7) is 7.14. The van der Waals surface area contributed by atoms with E-state index in [2.05, 4.69) is 26.8 Å². The molecule has 1 N–H and O–H groups in total. The summed E-state index contributed by atoms with van der Waals surface area (Å²) in [4.78, 5) is 11.7. The molecule has 3 aliphatic rings. The Morgan fingerprint density at radius 1 is 1.39 bits per heavy atom. The number of fused-ring (bicyclic) bond motifs is 3. The Labute approximate surface area is 108 Å². The highest BCUT2D eigenvalue weighted by Crippen LogP contribution is 2.60. The molecule has 18 heavy (non-hydrogen) atoms. The Balaban J connectivity index is 2.03. The van der Waals surface area contributed by atoms with E-state index < -0.39 is 0 Å². The van der Waals surface area contributed by atoms with Crippen LogP contribution in [0.1, 0.15) is 40.0 Å². The van der Waals surface area contributed by atoms with Gasteiger partial charge in [0.15, 0.2) is 0 Å². The molecule has 0 aromatic carbocycles. The van der Waals surface area contributed by atoms with Gasteiger partial charge in [0.1, 0.15) is 0 Å². The predicted molar refractivity (Wildman–Crippen MR) is 67.8 cm³/mol. The van der Waals surface area contributed by atoms with E-state index in [-0.39, 0.29) is 28.8 Å². The first-order valence-electron chi connectivity index (χ1n) is 6.92. The highest BCUT2D eigenvalue weighted by atomic mass is 16.5. The van der Waals surface area contributed by atoms with Crippen LogP contribution < -0.4 is 0 Å². The number of esters is 1. The molecule has 2 fully saturated rings. The second-order valence-electron chi connectivity index (χ2n) is 6.98. The van der Waals surface area contributed by atoms with Gasteiger partial charge in [0.2, 0.25) is 0 Å². The first kappa shape index (κ1) is 12.2. The van der Waals surface area contributed by atoms with Gasteiger partial charge >= 0.3 is 5.97 Å². The smallest absolute Gasteiger partial charge is 0.334 e. The number of carbonyl (C=O) groups is 1. The Hall–Kier alpha value is -0.830. The van der Waals surface area contributed by atoms with Crippen LogP contribution in [0.25, 0.3) is 0 Å². The molecule has 100 valence electrons. The van der Waals surface area contributed by atoms with E-state index in [0.717, 1.165) is 24.8 Å². The summed E-state index contributed by atoms with van der Waals surface area (Å²) in [6.07, 6.45) is 4.54. The summed E-state index contributed by atoms with van der Waals surface area (Å²) in [5, 5.41) is 10.3. The zero-order valence-electron chi connectivity index (χ0n) is 11.4. The molecule has 0 aromatic heterocycles. The fraction of sp³-hybridized carbons (Fsp3) is 0.800. The largest absolute Gasteiger partial charge is 0.462 e. The van der Waals surface area contributed by atoms with Crippen molar-refractivity contribution in [3.05, 3.63) is 11.6 Å². The minimum absolute atomic E-state index is 0.0827. The zero-order chi connectivity index (χ0) is 13.1. The molecule has 1 aliphatic heterocycles. The molecule has 2 aliphatic carbocycles. The van der Waals surface area contributed by atoms with Crippen LogP contribution >= 0.6 is 0 Å². The van der Waals surface area contributed by atoms with Crippen LogP contribution in [0.3, 0.4) is 0 Å². The summed E-state index contributed by atoms with van der Waals surface area (Å²) >= 11 is 0. The normalized spacial score (nSPS) is 45.9. The van der Waals surface area contributed by atoms with Crippen molar-refractivity contribution < 1.29 is 14.6 Å². The number of hydrogen-bond donors (Lipinski definition) is 1. The molecule has 0 aromatic rings. The molecular weight excluding hydrogens is 228 g/mol. The molecule has 3 rings (SSSR count). The van der Waals surface area contributed by atoms with Crippen molar-refractivity contribution in [1.29, 1.82) is 0 Å². The van der Waals surface area contributed by atoms with E-state index in [1.807, 2.05) is 0 Å².